The number of para-hydroxylation sites is 1. The van der Waals surface area contributed by atoms with Crippen molar-refractivity contribution < 1.29 is 4.39 Å². The third kappa shape index (κ3) is 2.36. The van der Waals surface area contributed by atoms with Crippen LogP contribution in [0.25, 0.3) is 0 Å². The zero-order valence-electron chi connectivity index (χ0n) is 9.24. The Labute approximate surface area is 109 Å². The van der Waals surface area contributed by atoms with Crippen LogP contribution in [0.4, 0.5) is 21.5 Å². The summed E-state index contributed by atoms with van der Waals surface area (Å²) in [6.45, 7) is 0. The van der Waals surface area contributed by atoms with E-state index in [1.165, 1.54) is 18.2 Å². The second-order valence-corrected chi connectivity index (χ2v) is 4.04. The van der Waals surface area contributed by atoms with Gasteiger partial charge >= 0.3 is 0 Å². The fourth-order valence-corrected chi connectivity index (χ4v) is 1.66. The fraction of sp³-hybridized carbons (Fsp3) is 0. The topological polar surface area (TPSA) is 61.8 Å². The van der Waals surface area contributed by atoms with Gasteiger partial charge in [-0.05, 0) is 30.3 Å². The summed E-state index contributed by atoms with van der Waals surface area (Å²) in [7, 11) is 0. The number of nitrogen functional groups attached to an aromatic ring is 1. The number of nitrogens with zero attached hydrogens (tertiary/aromatic N) is 1. The molecule has 0 aliphatic rings. The molecule has 5 heteroatoms. The number of anilines is 3. The molecule has 18 heavy (non-hydrogen) atoms. The van der Waals surface area contributed by atoms with Crippen LogP contribution in [0.5, 0.6) is 0 Å². The molecule has 0 heterocycles. The van der Waals surface area contributed by atoms with E-state index in [-0.39, 0.29) is 5.56 Å². The summed E-state index contributed by atoms with van der Waals surface area (Å²) < 4.78 is 13.2. The SMILES string of the molecule is N#Cc1cc(Nc2cccc(Cl)c2N)ccc1F. The van der Waals surface area contributed by atoms with Crippen molar-refractivity contribution in [3.63, 3.8) is 0 Å². The quantitative estimate of drug-likeness (QED) is 0.811. The van der Waals surface area contributed by atoms with E-state index in [9.17, 15) is 4.39 Å². The van der Waals surface area contributed by atoms with Gasteiger partial charge < -0.3 is 11.1 Å². The number of halogens is 2. The van der Waals surface area contributed by atoms with Crippen LogP contribution in [0.15, 0.2) is 36.4 Å². The van der Waals surface area contributed by atoms with Crippen LogP contribution < -0.4 is 11.1 Å². The van der Waals surface area contributed by atoms with Gasteiger partial charge in [0.25, 0.3) is 0 Å². The van der Waals surface area contributed by atoms with Crippen molar-refractivity contribution in [1.82, 2.24) is 0 Å². The van der Waals surface area contributed by atoms with Crippen molar-refractivity contribution in [2.24, 2.45) is 0 Å². The van der Waals surface area contributed by atoms with E-state index in [0.717, 1.165) is 0 Å². The van der Waals surface area contributed by atoms with Crippen molar-refractivity contribution in [3.05, 3.63) is 52.8 Å². The number of nitrogens with two attached hydrogens (primary N) is 1. The van der Waals surface area contributed by atoms with Crippen molar-refractivity contribution in [2.45, 2.75) is 0 Å². The molecule has 0 saturated carbocycles. The van der Waals surface area contributed by atoms with Crippen LogP contribution in [0.1, 0.15) is 5.56 Å². The van der Waals surface area contributed by atoms with Gasteiger partial charge in [-0.2, -0.15) is 5.26 Å². The highest BCUT2D eigenvalue weighted by Gasteiger charge is 2.06. The second-order valence-electron chi connectivity index (χ2n) is 3.63. The first-order chi connectivity index (χ1) is 8.61. The molecule has 0 spiro atoms. The molecule has 3 nitrogen and oxygen atoms in total. The van der Waals surface area contributed by atoms with Crippen molar-refractivity contribution in [2.75, 3.05) is 11.1 Å². The normalized spacial score (nSPS) is 9.83. The Morgan fingerprint density at radius 3 is 2.78 bits per heavy atom. The highest BCUT2D eigenvalue weighted by Crippen LogP contribution is 2.29. The van der Waals surface area contributed by atoms with Gasteiger partial charge in [0.15, 0.2) is 0 Å². The Hall–Kier alpha value is -2.25. The minimum Gasteiger partial charge on any atom is -0.396 e. The minimum atomic E-state index is -0.554. The first kappa shape index (κ1) is 12.2. The van der Waals surface area contributed by atoms with Gasteiger partial charge in [0, 0.05) is 5.69 Å². The van der Waals surface area contributed by atoms with Crippen molar-refractivity contribution in [1.29, 1.82) is 5.26 Å². The van der Waals surface area contributed by atoms with Crippen LogP contribution in [0, 0.1) is 17.1 Å². The molecule has 0 fully saturated rings. The average Bonchev–Trinajstić information content (AvgIpc) is 2.37. The highest BCUT2D eigenvalue weighted by atomic mass is 35.5. The van der Waals surface area contributed by atoms with Crippen molar-refractivity contribution in [3.8, 4) is 6.07 Å². The molecule has 0 saturated heterocycles. The lowest BCUT2D eigenvalue weighted by atomic mass is 10.2. The number of nitrogens with one attached hydrogen (secondary N) is 1. The Bertz CT molecular complexity index is 635. The molecule has 0 radical (unpaired) electrons. The first-order valence-electron chi connectivity index (χ1n) is 5.12. The molecule has 3 N–H and O–H groups in total. The fourth-order valence-electron chi connectivity index (χ4n) is 1.49. The maximum atomic E-state index is 13.2. The highest BCUT2D eigenvalue weighted by molar-refractivity contribution is 6.33. The first-order valence-corrected chi connectivity index (χ1v) is 5.50. The predicted molar refractivity (Wildman–Crippen MR) is 70.3 cm³/mol. The molecule has 0 atom stereocenters. The third-order valence-electron chi connectivity index (χ3n) is 2.42. The third-order valence-corrected chi connectivity index (χ3v) is 2.75. The Balaban J connectivity index is 2.35. The summed E-state index contributed by atoms with van der Waals surface area (Å²) in [6.07, 6.45) is 0. The lowest BCUT2D eigenvalue weighted by molar-refractivity contribution is 0.624. The molecule has 90 valence electrons. The molecule has 0 unspecified atom stereocenters. The average molecular weight is 262 g/mol. The van der Waals surface area contributed by atoms with E-state index >= 15 is 0 Å². The van der Waals surface area contributed by atoms with Gasteiger partial charge in [-0.3, -0.25) is 0 Å². The molecular formula is C13H9ClFN3. The number of hydrogen-bond donors (Lipinski definition) is 2. The summed E-state index contributed by atoms with van der Waals surface area (Å²) in [5.74, 6) is -0.554. The van der Waals surface area contributed by atoms with Gasteiger partial charge in [-0.1, -0.05) is 17.7 Å². The maximum absolute atomic E-state index is 13.2. The summed E-state index contributed by atoms with van der Waals surface area (Å²) in [5.41, 5.74) is 7.36. The summed E-state index contributed by atoms with van der Waals surface area (Å²) in [4.78, 5) is 0. The monoisotopic (exact) mass is 261 g/mol. The Morgan fingerprint density at radius 2 is 2.06 bits per heavy atom. The van der Waals surface area contributed by atoms with Crippen molar-refractivity contribution >= 4 is 28.7 Å². The minimum absolute atomic E-state index is 0.0272. The number of hydrogen-bond acceptors (Lipinski definition) is 3. The van der Waals surface area contributed by atoms with E-state index < -0.39 is 5.82 Å². The molecule has 2 aromatic rings. The second kappa shape index (κ2) is 4.94. The zero-order chi connectivity index (χ0) is 13.1. The van der Waals surface area contributed by atoms with Crippen LogP contribution in [0.2, 0.25) is 5.02 Å². The van der Waals surface area contributed by atoms with E-state index in [1.54, 1.807) is 24.3 Å². The summed E-state index contributed by atoms with van der Waals surface area (Å²) in [6, 6.07) is 11.1. The van der Waals surface area contributed by atoms with Gasteiger partial charge in [-0.15, -0.1) is 0 Å². The molecule has 2 rings (SSSR count). The van der Waals surface area contributed by atoms with Gasteiger partial charge in [0.05, 0.1) is 22.0 Å². The molecule has 0 aromatic heterocycles. The molecule has 2 aromatic carbocycles. The zero-order valence-corrected chi connectivity index (χ0v) is 10.0. The lowest BCUT2D eigenvalue weighted by Gasteiger charge is -2.10. The molecule has 0 amide bonds. The van der Waals surface area contributed by atoms with Crippen LogP contribution in [-0.2, 0) is 0 Å². The van der Waals surface area contributed by atoms with E-state index in [1.807, 2.05) is 0 Å². The molecular weight excluding hydrogens is 253 g/mol. The smallest absolute Gasteiger partial charge is 0.141 e. The maximum Gasteiger partial charge on any atom is 0.141 e. The van der Waals surface area contributed by atoms with Gasteiger partial charge in [0.2, 0.25) is 0 Å². The predicted octanol–water partition coefficient (Wildman–Crippen LogP) is 3.68. The number of rotatable bonds is 2. The van der Waals surface area contributed by atoms with Crippen LogP contribution >= 0.6 is 11.6 Å². The van der Waals surface area contributed by atoms with E-state index in [2.05, 4.69) is 5.32 Å². The Kier molecular flexibility index (Phi) is 3.35. The van der Waals surface area contributed by atoms with Crippen LogP contribution in [-0.4, -0.2) is 0 Å². The largest absolute Gasteiger partial charge is 0.396 e. The summed E-state index contributed by atoms with van der Waals surface area (Å²) >= 11 is 5.89. The van der Waals surface area contributed by atoms with E-state index in [0.29, 0.717) is 22.1 Å². The Morgan fingerprint density at radius 1 is 1.28 bits per heavy atom. The van der Waals surface area contributed by atoms with Gasteiger partial charge in [0.1, 0.15) is 11.9 Å². The van der Waals surface area contributed by atoms with E-state index in [4.69, 9.17) is 22.6 Å². The lowest BCUT2D eigenvalue weighted by Crippen LogP contribution is -1.97. The number of benzene rings is 2. The molecule has 0 bridgehead atoms. The summed E-state index contributed by atoms with van der Waals surface area (Å²) in [5, 5.41) is 12.2. The number of nitriles is 1. The van der Waals surface area contributed by atoms with Crippen LogP contribution in [0.3, 0.4) is 0 Å². The molecule has 0 aliphatic carbocycles. The van der Waals surface area contributed by atoms with Gasteiger partial charge in [-0.25, -0.2) is 4.39 Å². The standard InChI is InChI=1S/C13H9ClFN3/c14-10-2-1-3-12(13(10)17)18-9-4-5-11(15)8(6-9)7-16/h1-6,18H,17H2. The molecule has 0 aliphatic heterocycles.